The van der Waals surface area contributed by atoms with Gasteiger partial charge in [-0.25, -0.2) is 17.2 Å². The predicted octanol–water partition coefficient (Wildman–Crippen LogP) is 4.12. The molecule has 0 aromatic heterocycles. The fourth-order valence-electron chi connectivity index (χ4n) is 2.92. The second kappa shape index (κ2) is 9.13. The first-order valence-corrected chi connectivity index (χ1v) is 10.6. The molecule has 1 N–H and O–H groups in total. The second-order valence-electron chi connectivity index (χ2n) is 6.70. The summed E-state index contributed by atoms with van der Waals surface area (Å²) in [6.45, 7) is 1.10. The number of ether oxygens (including phenoxy) is 1. The van der Waals surface area contributed by atoms with Gasteiger partial charge in [-0.15, -0.1) is 0 Å². The maximum absolute atomic E-state index is 13.5. The monoisotopic (exact) mass is 446 g/mol. The molecule has 0 spiro atoms. The summed E-state index contributed by atoms with van der Waals surface area (Å²) in [6.07, 6.45) is 0. The van der Waals surface area contributed by atoms with Crippen molar-refractivity contribution >= 4 is 27.3 Å². The van der Waals surface area contributed by atoms with Crippen LogP contribution in [0.25, 0.3) is 0 Å². The number of halogens is 2. The Bertz CT molecular complexity index is 1200. The zero-order chi connectivity index (χ0) is 22.6. The van der Waals surface area contributed by atoms with Crippen LogP contribution in [0.4, 0.5) is 20.2 Å². The fourth-order valence-corrected chi connectivity index (χ4v) is 4.59. The van der Waals surface area contributed by atoms with E-state index in [9.17, 15) is 22.0 Å². The normalized spacial score (nSPS) is 11.1. The van der Waals surface area contributed by atoms with E-state index in [-0.39, 0.29) is 22.0 Å². The van der Waals surface area contributed by atoms with Crippen LogP contribution in [0.2, 0.25) is 0 Å². The van der Waals surface area contributed by atoms with Crippen molar-refractivity contribution < 1.29 is 26.7 Å². The van der Waals surface area contributed by atoms with Gasteiger partial charge in [-0.2, -0.15) is 0 Å². The summed E-state index contributed by atoms with van der Waals surface area (Å²) in [6, 6.07) is 14.5. The first kappa shape index (κ1) is 22.2. The minimum absolute atomic E-state index is 0.0827. The summed E-state index contributed by atoms with van der Waals surface area (Å²) in [5.74, 6) is -1.71. The minimum atomic E-state index is -4.28. The molecule has 0 aliphatic heterocycles. The number of benzene rings is 3. The SMILES string of the molecule is COc1ccc(C)cc1S(=O)(=O)N(CC(=O)Nc1cccc(F)c1)c1ccc(F)cc1. The first-order chi connectivity index (χ1) is 14.7. The fraction of sp³-hybridized carbons (Fsp3) is 0.136. The summed E-state index contributed by atoms with van der Waals surface area (Å²) in [5.41, 5.74) is 0.927. The Morgan fingerprint density at radius 1 is 1.00 bits per heavy atom. The lowest BCUT2D eigenvalue weighted by molar-refractivity contribution is -0.114. The van der Waals surface area contributed by atoms with E-state index in [0.29, 0.717) is 5.56 Å². The highest BCUT2D eigenvalue weighted by molar-refractivity contribution is 7.93. The van der Waals surface area contributed by atoms with Gasteiger partial charge < -0.3 is 10.1 Å². The van der Waals surface area contributed by atoms with E-state index < -0.39 is 34.1 Å². The van der Waals surface area contributed by atoms with Crippen LogP contribution >= 0.6 is 0 Å². The van der Waals surface area contributed by atoms with Gasteiger partial charge >= 0.3 is 0 Å². The highest BCUT2D eigenvalue weighted by atomic mass is 32.2. The lowest BCUT2D eigenvalue weighted by Crippen LogP contribution is -2.38. The summed E-state index contributed by atoms with van der Waals surface area (Å²) in [7, 11) is -2.94. The average molecular weight is 446 g/mol. The van der Waals surface area contributed by atoms with Crippen molar-refractivity contribution in [3.63, 3.8) is 0 Å². The van der Waals surface area contributed by atoms with E-state index in [1.807, 2.05) is 0 Å². The number of anilines is 2. The molecule has 0 saturated heterocycles. The van der Waals surface area contributed by atoms with Gasteiger partial charge in [-0.3, -0.25) is 9.10 Å². The third kappa shape index (κ3) is 5.18. The van der Waals surface area contributed by atoms with Gasteiger partial charge in [-0.1, -0.05) is 12.1 Å². The highest BCUT2D eigenvalue weighted by Gasteiger charge is 2.30. The van der Waals surface area contributed by atoms with Gasteiger partial charge in [0.25, 0.3) is 10.0 Å². The zero-order valence-corrected chi connectivity index (χ0v) is 17.6. The van der Waals surface area contributed by atoms with Crippen LogP contribution in [-0.2, 0) is 14.8 Å². The number of nitrogens with one attached hydrogen (secondary N) is 1. The van der Waals surface area contributed by atoms with E-state index in [2.05, 4.69) is 5.32 Å². The van der Waals surface area contributed by atoms with E-state index in [1.165, 1.54) is 49.6 Å². The van der Waals surface area contributed by atoms with Crippen molar-refractivity contribution in [1.29, 1.82) is 0 Å². The molecule has 0 bridgehead atoms. The molecule has 6 nitrogen and oxygen atoms in total. The summed E-state index contributed by atoms with van der Waals surface area (Å²) in [5, 5.41) is 2.47. The largest absolute Gasteiger partial charge is 0.495 e. The molecule has 0 atom stereocenters. The Balaban J connectivity index is 2.01. The van der Waals surface area contributed by atoms with Crippen molar-refractivity contribution in [3.05, 3.63) is 83.9 Å². The van der Waals surface area contributed by atoms with Crippen molar-refractivity contribution in [2.24, 2.45) is 0 Å². The number of nitrogens with zero attached hydrogens (tertiary/aromatic N) is 1. The molecule has 0 saturated carbocycles. The lowest BCUT2D eigenvalue weighted by Gasteiger charge is -2.25. The quantitative estimate of drug-likeness (QED) is 0.593. The summed E-state index contributed by atoms with van der Waals surface area (Å²) in [4.78, 5) is 12.5. The van der Waals surface area contributed by atoms with Gasteiger partial charge in [0.1, 0.15) is 28.8 Å². The molecule has 0 aliphatic rings. The molecule has 162 valence electrons. The van der Waals surface area contributed by atoms with Gasteiger partial charge in [0.05, 0.1) is 12.8 Å². The molecule has 31 heavy (non-hydrogen) atoms. The van der Waals surface area contributed by atoms with E-state index >= 15 is 0 Å². The molecule has 0 heterocycles. The smallest absolute Gasteiger partial charge is 0.268 e. The van der Waals surface area contributed by atoms with Gasteiger partial charge in [0, 0.05) is 5.69 Å². The molecule has 9 heteroatoms. The molecule has 1 amide bonds. The topological polar surface area (TPSA) is 75.7 Å². The molecular formula is C22H20F2N2O4S. The van der Waals surface area contributed by atoms with Gasteiger partial charge in [0.2, 0.25) is 5.91 Å². The first-order valence-electron chi connectivity index (χ1n) is 9.19. The number of methoxy groups -OCH3 is 1. The number of carbonyl (C=O) groups excluding carboxylic acids is 1. The third-order valence-electron chi connectivity index (χ3n) is 4.40. The maximum atomic E-state index is 13.5. The Kier molecular flexibility index (Phi) is 6.55. The Morgan fingerprint density at radius 3 is 2.35 bits per heavy atom. The van der Waals surface area contributed by atoms with Crippen LogP contribution in [0.5, 0.6) is 5.75 Å². The highest BCUT2D eigenvalue weighted by Crippen LogP contribution is 2.31. The zero-order valence-electron chi connectivity index (χ0n) is 16.8. The standard InChI is InChI=1S/C22H20F2N2O4S/c1-15-6-11-20(30-2)21(12-15)31(28,29)26(19-9-7-16(23)8-10-19)14-22(27)25-18-5-3-4-17(24)13-18/h3-13H,14H2,1-2H3,(H,25,27). The van der Waals surface area contributed by atoms with Crippen LogP contribution < -0.4 is 14.4 Å². The Labute approximate surface area is 179 Å². The number of aryl methyl sites for hydroxylation is 1. The molecule has 3 aromatic carbocycles. The van der Waals surface area contributed by atoms with Crippen molar-refractivity contribution in [1.82, 2.24) is 0 Å². The molecule has 0 unspecified atom stereocenters. The average Bonchev–Trinajstić information content (AvgIpc) is 2.72. The van der Waals surface area contributed by atoms with Crippen LogP contribution in [0, 0.1) is 18.6 Å². The third-order valence-corrected chi connectivity index (χ3v) is 6.19. The number of amides is 1. The van der Waals surface area contributed by atoms with Crippen LogP contribution in [0.3, 0.4) is 0 Å². The van der Waals surface area contributed by atoms with E-state index in [4.69, 9.17) is 4.74 Å². The number of carbonyl (C=O) groups is 1. The maximum Gasteiger partial charge on any atom is 0.268 e. The van der Waals surface area contributed by atoms with Crippen LogP contribution in [0.1, 0.15) is 5.56 Å². The number of sulfonamides is 1. The lowest BCUT2D eigenvalue weighted by atomic mass is 10.2. The minimum Gasteiger partial charge on any atom is -0.495 e. The molecule has 3 rings (SSSR count). The molecule has 0 radical (unpaired) electrons. The van der Waals surface area contributed by atoms with Crippen LogP contribution in [-0.4, -0.2) is 28.0 Å². The van der Waals surface area contributed by atoms with Crippen molar-refractivity contribution in [2.75, 3.05) is 23.3 Å². The van der Waals surface area contributed by atoms with Crippen molar-refractivity contribution in [2.45, 2.75) is 11.8 Å². The predicted molar refractivity (Wildman–Crippen MR) is 114 cm³/mol. The molecule has 0 fully saturated rings. The number of hydrogen-bond donors (Lipinski definition) is 1. The molecular weight excluding hydrogens is 426 g/mol. The van der Waals surface area contributed by atoms with Crippen LogP contribution in [0.15, 0.2) is 71.6 Å². The second-order valence-corrected chi connectivity index (χ2v) is 8.53. The number of hydrogen-bond acceptors (Lipinski definition) is 4. The molecule has 3 aromatic rings. The van der Waals surface area contributed by atoms with Gasteiger partial charge in [-0.05, 0) is 67.1 Å². The molecule has 0 aliphatic carbocycles. The Hall–Kier alpha value is -3.46. The van der Waals surface area contributed by atoms with Gasteiger partial charge in [0.15, 0.2) is 0 Å². The van der Waals surface area contributed by atoms with E-state index in [0.717, 1.165) is 22.5 Å². The van der Waals surface area contributed by atoms with Crippen molar-refractivity contribution in [3.8, 4) is 5.75 Å². The summed E-state index contributed by atoms with van der Waals surface area (Å²) >= 11 is 0. The summed E-state index contributed by atoms with van der Waals surface area (Å²) < 4.78 is 59.9. The number of rotatable bonds is 7. The Morgan fingerprint density at radius 2 is 1.71 bits per heavy atom. The van der Waals surface area contributed by atoms with E-state index in [1.54, 1.807) is 13.0 Å².